The van der Waals surface area contributed by atoms with E-state index in [2.05, 4.69) is 24.1 Å². The predicted molar refractivity (Wildman–Crippen MR) is 69.2 cm³/mol. The first kappa shape index (κ1) is 13.5. The molecule has 0 saturated carbocycles. The average molecular weight is 270 g/mol. The van der Waals surface area contributed by atoms with Gasteiger partial charge in [-0.15, -0.1) is 11.3 Å². The lowest BCUT2D eigenvalue weighted by atomic mass is 10.1. The fraction of sp³-hybridized carbons (Fsp3) is 0.667. The van der Waals surface area contributed by atoms with Crippen molar-refractivity contribution in [3.63, 3.8) is 0 Å². The topological polar surface area (TPSA) is 71.5 Å². The first-order valence-corrected chi connectivity index (χ1v) is 6.94. The Bertz CT molecular complexity index is 425. The van der Waals surface area contributed by atoms with Crippen molar-refractivity contribution in [1.82, 2.24) is 10.3 Å². The molecule has 18 heavy (non-hydrogen) atoms. The molecule has 1 atom stereocenters. The van der Waals surface area contributed by atoms with Crippen molar-refractivity contribution >= 4 is 17.3 Å². The van der Waals surface area contributed by atoms with Crippen LogP contribution in [0.3, 0.4) is 0 Å². The smallest absolute Gasteiger partial charge is 0.347 e. The lowest BCUT2D eigenvalue weighted by Gasteiger charge is -2.21. The molecule has 0 amide bonds. The number of rotatable bonds is 4. The van der Waals surface area contributed by atoms with Crippen molar-refractivity contribution in [2.75, 3.05) is 19.7 Å². The van der Waals surface area contributed by atoms with E-state index >= 15 is 0 Å². The van der Waals surface area contributed by atoms with Gasteiger partial charge in [0.05, 0.1) is 12.3 Å². The highest BCUT2D eigenvalue weighted by Crippen LogP contribution is 2.28. The lowest BCUT2D eigenvalue weighted by Crippen LogP contribution is -2.33. The number of carboxylic acid groups (broad SMARTS) is 1. The number of nitrogens with one attached hydrogen (secondary N) is 1. The molecule has 1 saturated heterocycles. The summed E-state index contributed by atoms with van der Waals surface area (Å²) < 4.78 is 5.61. The zero-order valence-corrected chi connectivity index (χ0v) is 11.4. The molecule has 1 fully saturated rings. The summed E-state index contributed by atoms with van der Waals surface area (Å²) in [6, 6.07) is 0. The molecule has 2 heterocycles. The Morgan fingerprint density at radius 2 is 2.44 bits per heavy atom. The predicted octanol–water partition coefficient (Wildman–Crippen LogP) is 1.70. The third-order valence-electron chi connectivity index (χ3n) is 2.71. The molecule has 2 rings (SSSR count). The molecule has 0 bridgehead atoms. The van der Waals surface area contributed by atoms with Gasteiger partial charge in [0, 0.05) is 13.1 Å². The largest absolute Gasteiger partial charge is 0.477 e. The normalized spacial score (nSPS) is 20.3. The Kier molecular flexibility index (Phi) is 4.31. The van der Waals surface area contributed by atoms with Gasteiger partial charge in [-0.1, -0.05) is 13.8 Å². The highest BCUT2D eigenvalue weighted by atomic mass is 32.1. The molecule has 1 aliphatic rings. The van der Waals surface area contributed by atoms with Gasteiger partial charge in [0.15, 0.2) is 0 Å². The van der Waals surface area contributed by atoms with E-state index in [1.54, 1.807) is 0 Å². The maximum absolute atomic E-state index is 11.2. The Hall–Kier alpha value is -0.980. The molecule has 1 unspecified atom stereocenters. The Balaban J connectivity index is 2.23. The Morgan fingerprint density at radius 1 is 1.67 bits per heavy atom. The summed E-state index contributed by atoms with van der Waals surface area (Å²) in [5.74, 6) is -0.499. The second-order valence-corrected chi connectivity index (χ2v) is 5.83. The van der Waals surface area contributed by atoms with Crippen LogP contribution in [-0.2, 0) is 11.2 Å². The van der Waals surface area contributed by atoms with Crippen LogP contribution in [0.15, 0.2) is 0 Å². The lowest BCUT2D eigenvalue weighted by molar-refractivity contribution is 0.0274. The van der Waals surface area contributed by atoms with Crippen LogP contribution in [-0.4, -0.2) is 35.8 Å². The van der Waals surface area contributed by atoms with Gasteiger partial charge in [-0.05, 0) is 12.3 Å². The summed E-state index contributed by atoms with van der Waals surface area (Å²) in [7, 11) is 0. The van der Waals surface area contributed by atoms with Crippen LogP contribution in [0, 0.1) is 5.92 Å². The number of hydrogen-bond donors (Lipinski definition) is 2. The first-order valence-electron chi connectivity index (χ1n) is 6.13. The summed E-state index contributed by atoms with van der Waals surface area (Å²) in [6.45, 7) is 6.30. The molecule has 1 aromatic heterocycles. The molecule has 100 valence electrons. The van der Waals surface area contributed by atoms with Crippen LogP contribution in [0.1, 0.15) is 40.3 Å². The van der Waals surface area contributed by atoms with Gasteiger partial charge in [0.25, 0.3) is 0 Å². The number of nitrogens with zero attached hydrogens (tertiary/aromatic N) is 1. The van der Waals surface area contributed by atoms with Crippen LogP contribution < -0.4 is 5.32 Å². The van der Waals surface area contributed by atoms with E-state index in [0.29, 0.717) is 36.1 Å². The molecule has 0 aromatic carbocycles. The molecule has 1 aliphatic heterocycles. The van der Waals surface area contributed by atoms with Crippen molar-refractivity contribution in [3.8, 4) is 0 Å². The van der Waals surface area contributed by atoms with Gasteiger partial charge in [0.2, 0.25) is 0 Å². The highest BCUT2D eigenvalue weighted by Gasteiger charge is 2.24. The van der Waals surface area contributed by atoms with Gasteiger partial charge in [0.1, 0.15) is 16.0 Å². The number of thiazole rings is 1. The number of carbonyl (C=O) groups is 1. The minimum atomic E-state index is -0.891. The van der Waals surface area contributed by atoms with Gasteiger partial charge in [-0.25, -0.2) is 9.78 Å². The third-order valence-corrected chi connectivity index (χ3v) is 3.89. The van der Waals surface area contributed by atoms with E-state index in [1.165, 1.54) is 11.3 Å². The molecule has 0 spiro atoms. The van der Waals surface area contributed by atoms with Gasteiger partial charge >= 0.3 is 5.97 Å². The van der Waals surface area contributed by atoms with E-state index in [-0.39, 0.29) is 6.10 Å². The van der Waals surface area contributed by atoms with E-state index in [4.69, 9.17) is 4.74 Å². The molecular weight excluding hydrogens is 252 g/mol. The maximum Gasteiger partial charge on any atom is 0.347 e. The van der Waals surface area contributed by atoms with E-state index in [9.17, 15) is 9.90 Å². The molecule has 2 N–H and O–H groups in total. The average Bonchev–Trinajstić information content (AvgIpc) is 2.73. The molecule has 0 radical (unpaired) electrons. The van der Waals surface area contributed by atoms with Crippen LogP contribution in [0.4, 0.5) is 0 Å². The summed E-state index contributed by atoms with van der Waals surface area (Å²) in [5, 5.41) is 13.2. The molecular formula is C12H18N2O3S. The fourth-order valence-corrected chi connectivity index (χ4v) is 2.91. The molecule has 0 aliphatic carbocycles. The third kappa shape index (κ3) is 3.07. The zero-order valence-electron chi connectivity index (χ0n) is 10.6. The van der Waals surface area contributed by atoms with Crippen LogP contribution >= 0.6 is 11.3 Å². The minimum Gasteiger partial charge on any atom is -0.477 e. The summed E-state index contributed by atoms with van der Waals surface area (Å²) in [6.07, 6.45) is 0.584. The van der Waals surface area contributed by atoms with Crippen LogP contribution in [0.25, 0.3) is 0 Å². The molecule has 1 aromatic rings. The van der Waals surface area contributed by atoms with Gasteiger partial charge < -0.3 is 15.2 Å². The SMILES string of the molecule is CC(C)Cc1nc(C2CNCCO2)sc1C(=O)O. The van der Waals surface area contributed by atoms with Crippen molar-refractivity contribution < 1.29 is 14.6 Å². The summed E-state index contributed by atoms with van der Waals surface area (Å²) >= 11 is 1.24. The first-order chi connectivity index (χ1) is 8.58. The number of hydrogen-bond acceptors (Lipinski definition) is 5. The molecule has 6 heteroatoms. The van der Waals surface area contributed by atoms with Crippen molar-refractivity contribution in [1.29, 1.82) is 0 Å². The number of morpholine rings is 1. The fourth-order valence-electron chi connectivity index (χ4n) is 1.92. The molecule has 5 nitrogen and oxygen atoms in total. The van der Waals surface area contributed by atoms with E-state index in [0.717, 1.165) is 11.6 Å². The minimum absolute atomic E-state index is 0.109. The van der Waals surface area contributed by atoms with Gasteiger partial charge in [-0.3, -0.25) is 0 Å². The quantitative estimate of drug-likeness (QED) is 0.871. The monoisotopic (exact) mass is 270 g/mol. The second kappa shape index (κ2) is 5.77. The highest BCUT2D eigenvalue weighted by molar-refractivity contribution is 7.13. The van der Waals surface area contributed by atoms with Crippen molar-refractivity contribution in [2.24, 2.45) is 5.92 Å². The number of carboxylic acids is 1. The maximum atomic E-state index is 11.2. The van der Waals surface area contributed by atoms with E-state index < -0.39 is 5.97 Å². The zero-order chi connectivity index (χ0) is 13.1. The second-order valence-electron chi connectivity index (χ2n) is 4.79. The number of aromatic carboxylic acids is 1. The van der Waals surface area contributed by atoms with Crippen LogP contribution in [0.2, 0.25) is 0 Å². The number of aromatic nitrogens is 1. The van der Waals surface area contributed by atoms with Gasteiger partial charge in [-0.2, -0.15) is 0 Å². The van der Waals surface area contributed by atoms with E-state index in [1.807, 2.05) is 0 Å². The summed E-state index contributed by atoms with van der Waals surface area (Å²) in [5.41, 5.74) is 0.687. The summed E-state index contributed by atoms with van der Waals surface area (Å²) in [4.78, 5) is 16.0. The van der Waals surface area contributed by atoms with Crippen molar-refractivity contribution in [3.05, 3.63) is 15.6 Å². The van der Waals surface area contributed by atoms with Crippen molar-refractivity contribution in [2.45, 2.75) is 26.4 Å². The standard InChI is InChI=1S/C12H18N2O3S/c1-7(2)5-8-10(12(15)16)18-11(14-8)9-6-13-3-4-17-9/h7,9,13H,3-6H2,1-2H3,(H,15,16). The number of ether oxygens (including phenoxy) is 1. The Morgan fingerprint density at radius 3 is 3.00 bits per heavy atom. The Labute approximate surface area is 110 Å². The van der Waals surface area contributed by atoms with Crippen LogP contribution in [0.5, 0.6) is 0 Å².